The van der Waals surface area contributed by atoms with Crippen LogP contribution in [0.25, 0.3) is 0 Å². The third-order valence-electron chi connectivity index (χ3n) is 4.16. The maximum Gasteiger partial charge on any atom is 0.353 e. The van der Waals surface area contributed by atoms with Crippen LogP contribution in [0.15, 0.2) is 6.33 Å². The first-order chi connectivity index (χ1) is 11.5. The predicted octanol–water partition coefficient (Wildman–Crippen LogP) is 0.504. The molecule has 0 bridgehead atoms. The molecule has 1 aromatic rings. The largest absolute Gasteiger partial charge is 0.481 e. The van der Waals surface area contributed by atoms with Crippen LogP contribution < -0.4 is 9.80 Å². The molecule has 2 rings (SSSR count). The Morgan fingerprint density at radius 1 is 1.46 bits per heavy atom. The summed E-state index contributed by atoms with van der Waals surface area (Å²) in [5, 5.41) is 29.8. The molecule has 2 N–H and O–H groups in total. The van der Waals surface area contributed by atoms with Crippen LogP contribution >= 0.6 is 0 Å². The number of aliphatic hydroxyl groups excluding tert-OH is 1. The first-order valence-corrected chi connectivity index (χ1v) is 7.82. The smallest absolute Gasteiger partial charge is 0.353 e. The highest BCUT2D eigenvalue weighted by atomic mass is 16.6. The highest BCUT2D eigenvalue weighted by Gasteiger charge is 2.32. The zero-order chi connectivity index (χ0) is 17.7. The van der Waals surface area contributed by atoms with Gasteiger partial charge >= 0.3 is 11.7 Å². The van der Waals surface area contributed by atoms with Crippen LogP contribution in [-0.2, 0) is 4.79 Å². The SMILES string of the molecule is CCN(CCO)c1ncnc(N2CCC(C(=O)O)CC2)c1[N+](=O)[O-]. The first-order valence-electron chi connectivity index (χ1n) is 7.82. The van der Waals surface area contributed by atoms with Crippen LogP contribution in [0, 0.1) is 16.0 Å². The van der Waals surface area contributed by atoms with E-state index in [0.29, 0.717) is 32.5 Å². The van der Waals surface area contributed by atoms with Crippen molar-refractivity contribution in [1.82, 2.24) is 9.97 Å². The number of carboxylic acids is 1. The van der Waals surface area contributed by atoms with E-state index in [0.717, 1.165) is 0 Å². The van der Waals surface area contributed by atoms with Gasteiger partial charge in [-0.2, -0.15) is 0 Å². The molecule has 1 saturated heterocycles. The molecule has 1 fully saturated rings. The number of aliphatic hydroxyl groups is 1. The van der Waals surface area contributed by atoms with Crippen molar-refractivity contribution in [1.29, 1.82) is 0 Å². The number of carbonyl (C=O) groups is 1. The van der Waals surface area contributed by atoms with E-state index in [-0.39, 0.29) is 30.5 Å². The molecule has 1 aromatic heterocycles. The molecule has 0 unspecified atom stereocenters. The Morgan fingerprint density at radius 3 is 2.62 bits per heavy atom. The molecule has 1 aliphatic heterocycles. The molecule has 0 spiro atoms. The van der Waals surface area contributed by atoms with E-state index >= 15 is 0 Å². The number of aromatic nitrogens is 2. The van der Waals surface area contributed by atoms with E-state index < -0.39 is 16.8 Å². The summed E-state index contributed by atoms with van der Waals surface area (Å²) >= 11 is 0. The minimum absolute atomic E-state index is 0.145. The molecule has 132 valence electrons. The van der Waals surface area contributed by atoms with Gasteiger partial charge in [0.15, 0.2) is 0 Å². The average Bonchev–Trinajstić information content (AvgIpc) is 2.59. The molecule has 0 amide bonds. The van der Waals surface area contributed by atoms with E-state index in [1.54, 1.807) is 9.80 Å². The van der Waals surface area contributed by atoms with Crippen molar-refractivity contribution in [3.63, 3.8) is 0 Å². The monoisotopic (exact) mass is 339 g/mol. The summed E-state index contributed by atoms with van der Waals surface area (Å²) in [6.07, 6.45) is 2.10. The topological polar surface area (TPSA) is 133 Å². The summed E-state index contributed by atoms with van der Waals surface area (Å²) in [5.41, 5.74) is -0.207. The second kappa shape index (κ2) is 7.86. The highest BCUT2D eigenvalue weighted by molar-refractivity contribution is 5.73. The van der Waals surface area contributed by atoms with Crippen molar-refractivity contribution in [2.24, 2.45) is 5.92 Å². The number of carboxylic acid groups (broad SMARTS) is 1. The number of aliphatic carboxylic acids is 1. The van der Waals surface area contributed by atoms with Gasteiger partial charge in [0.1, 0.15) is 6.33 Å². The number of nitrogens with zero attached hydrogens (tertiary/aromatic N) is 5. The molecular weight excluding hydrogens is 318 g/mol. The molecule has 0 aliphatic carbocycles. The molecule has 0 atom stereocenters. The Kier molecular flexibility index (Phi) is 5.85. The fraction of sp³-hybridized carbons (Fsp3) is 0.643. The van der Waals surface area contributed by atoms with Crippen molar-refractivity contribution in [2.45, 2.75) is 19.8 Å². The molecule has 0 aromatic carbocycles. The predicted molar refractivity (Wildman–Crippen MR) is 86.2 cm³/mol. The lowest BCUT2D eigenvalue weighted by Gasteiger charge is -2.31. The number of nitro groups is 1. The lowest BCUT2D eigenvalue weighted by atomic mass is 9.97. The van der Waals surface area contributed by atoms with Gasteiger partial charge in [0.25, 0.3) is 0 Å². The molecule has 10 nitrogen and oxygen atoms in total. The van der Waals surface area contributed by atoms with Crippen LogP contribution in [0.2, 0.25) is 0 Å². The molecule has 1 aliphatic rings. The van der Waals surface area contributed by atoms with Gasteiger partial charge in [0.05, 0.1) is 17.4 Å². The third-order valence-corrected chi connectivity index (χ3v) is 4.16. The van der Waals surface area contributed by atoms with Gasteiger partial charge in [-0.25, -0.2) is 9.97 Å². The molecule has 0 saturated carbocycles. The van der Waals surface area contributed by atoms with Crippen molar-refractivity contribution in [3.05, 3.63) is 16.4 Å². The molecule has 0 radical (unpaired) electrons. The second-order valence-electron chi connectivity index (χ2n) is 5.53. The van der Waals surface area contributed by atoms with Gasteiger partial charge in [0, 0.05) is 26.2 Å². The zero-order valence-electron chi connectivity index (χ0n) is 13.5. The molecule has 10 heteroatoms. The second-order valence-corrected chi connectivity index (χ2v) is 5.53. The highest BCUT2D eigenvalue weighted by Crippen LogP contribution is 2.35. The quantitative estimate of drug-likeness (QED) is 0.538. The van der Waals surface area contributed by atoms with Gasteiger partial charge in [-0.15, -0.1) is 0 Å². The minimum Gasteiger partial charge on any atom is -0.481 e. The first kappa shape index (κ1) is 17.9. The molecule has 24 heavy (non-hydrogen) atoms. The number of hydrogen-bond donors (Lipinski definition) is 2. The van der Waals surface area contributed by atoms with Gasteiger partial charge < -0.3 is 20.0 Å². The van der Waals surface area contributed by atoms with E-state index in [1.807, 2.05) is 6.92 Å². The fourth-order valence-corrected chi connectivity index (χ4v) is 2.86. The third kappa shape index (κ3) is 3.70. The summed E-state index contributed by atoms with van der Waals surface area (Å²) < 4.78 is 0. The summed E-state index contributed by atoms with van der Waals surface area (Å²) in [4.78, 5) is 33.6. The van der Waals surface area contributed by atoms with Gasteiger partial charge in [-0.3, -0.25) is 14.9 Å². The Hall–Kier alpha value is -2.49. The van der Waals surface area contributed by atoms with Crippen LogP contribution in [-0.4, -0.2) is 63.9 Å². The van der Waals surface area contributed by atoms with Crippen LogP contribution in [0.3, 0.4) is 0 Å². The molecule has 2 heterocycles. The summed E-state index contributed by atoms with van der Waals surface area (Å²) in [7, 11) is 0. The van der Waals surface area contributed by atoms with Crippen LogP contribution in [0.1, 0.15) is 19.8 Å². The Balaban J connectivity index is 2.33. The van der Waals surface area contributed by atoms with E-state index in [9.17, 15) is 14.9 Å². The van der Waals surface area contributed by atoms with E-state index in [4.69, 9.17) is 10.2 Å². The van der Waals surface area contributed by atoms with Gasteiger partial charge in [-0.1, -0.05) is 0 Å². The normalized spacial score (nSPS) is 15.3. The van der Waals surface area contributed by atoms with E-state index in [1.165, 1.54) is 6.33 Å². The van der Waals surface area contributed by atoms with Crippen LogP contribution in [0.4, 0.5) is 17.3 Å². The summed E-state index contributed by atoms with van der Waals surface area (Å²) in [5.74, 6) is -0.900. The lowest BCUT2D eigenvalue weighted by molar-refractivity contribution is -0.383. The number of hydrogen-bond acceptors (Lipinski definition) is 8. The summed E-state index contributed by atoms with van der Waals surface area (Å²) in [6, 6.07) is 0. The maximum atomic E-state index is 11.6. The Labute approximate surface area is 138 Å². The number of anilines is 2. The minimum atomic E-state index is -0.840. The standard InChI is InChI=1S/C14H21N5O5/c1-2-17(7-8-20)12-11(19(23)24)13(16-9-15-12)18-5-3-10(4-6-18)14(21)22/h9-10,20H,2-8H2,1H3,(H,21,22). The number of piperidine rings is 1. The van der Waals surface area contributed by atoms with E-state index in [2.05, 4.69) is 9.97 Å². The Bertz CT molecular complexity index is 603. The van der Waals surface area contributed by atoms with Crippen LogP contribution in [0.5, 0.6) is 0 Å². The average molecular weight is 339 g/mol. The zero-order valence-corrected chi connectivity index (χ0v) is 13.5. The lowest BCUT2D eigenvalue weighted by Crippen LogP contribution is -2.37. The van der Waals surface area contributed by atoms with Gasteiger partial charge in [-0.05, 0) is 19.8 Å². The number of likely N-dealkylation sites (N-methyl/N-ethyl adjacent to an activating group) is 1. The molecular formula is C14H21N5O5. The fourth-order valence-electron chi connectivity index (χ4n) is 2.86. The number of rotatable bonds is 7. The van der Waals surface area contributed by atoms with Gasteiger partial charge in [0.2, 0.25) is 11.6 Å². The van der Waals surface area contributed by atoms with Crippen molar-refractivity contribution >= 4 is 23.3 Å². The summed E-state index contributed by atoms with van der Waals surface area (Å²) in [6.45, 7) is 3.14. The maximum absolute atomic E-state index is 11.6. The van der Waals surface area contributed by atoms with Crippen molar-refractivity contribution < 1.29 is 19.9 Å². The Morgan fingerprint density at radius 2 is 2.12 bits per heavy atom. The van der Waals surface area contributed by atoms with Crippen molar-refractivity contribution in [3.8, 4) is 0 Å². The van der Waals surface area contributed by atoms with Crippen molar-refractivity contribution in [2.75, 3.05) is 42.6 Å².